The van der Waals surface area contributed by atoms with Crippen molar-refractivity contribution in [2.75, 3.05) is 20.1 Å². The number of likely N-dealkylation sites (tertiary alicyclic amines) is 1. The lowest BCUT2D eigenvalue weighted by molar-refractivity contribution is 0.151. The molecule has 1 aromatic carbocycles. The molecule has 17 heavy (non-hydrogen) atoms. The number of hydrogen-bond donors (Lipinski definition) is 0. The average Bonchev–Trinajstić information content (AvgIpc) is 2.40. The van der Waals surface area contributed by atoms with Gasteiger partial charge in [-0.15, -0.1) is 0 Å². The molecule has 3 nitrogen and oxygen atoms in total. The molecule has 1 saturated heterocycles. The molecule has 0 spiro atoms. The summed E-state index contributed by atoms with van der Waals surface area (Å²) in [5, 5.41) is 0. The lowest BCUT2D eigenvalue weighted by Gasteiger charge is -2.31. The van der Waals surface area contributed by atoms with Crippen LogP contribution >= 0.6 is 0 Å². The van der Waals surface area contributed by atoms with Crippen LogP contribution in [0.25, 0.3) is 0 Å². The summed E-state index contributed by atoms with van der Waals surface area (Å²) in [5.41, 5.74) is 1.18. The summed E-state index contributed by atoms with van der Waals surface area (Å²) in [6.07, 6.45) is 3.54. The summed E-state index contributed by atoms with van der Waals surface area (Å²) in [4.78, 5) is 15.9. The molecule has 0 aromatic heterocycles. The first-order valence-electron chi connectivity index (χ1n) is 6.31. The van der Waals surface area contributed by atoms with Crippen molar-refractivity contribution < 1.29 is 4.79 Å². The van der Waals surface area contributed by atoms with E-state index >= 15 is 0 Å². The van der Waals surface area contributed by atoms with Crippen LogP contribution in [0.15, 0.2) is 30.3 Å². The fourth-order valence-corrected chi connectivity index (χ4v) is 2.25. The Morgan fingerprint density at radius 3 is 2.47 bits per heavy atom. The van der Waals surface area contributed by atoms with E-state index in [1.807, 2.05) is 30.1 Å². The zero-order chi connectivity index (χ0) is 12.1. The largest absolute Gasteiger partial charge is 0.325 e. The van der Waals surface area contributed by atoms with E-state index < -0.39 is 0 Å². The Morgan fingerprint density at radius 2 is 1.82 bits per heavy atom. The zero-order valence-electron chi connectivity index (χ0n) is 10.4. The number of carbonyl (C=O) groups is 1. The van der Waals surface area contributed by atoms with Gasteiger partial charge in [0, 0.05) is 26.7 Å². The van der Waals surface area contributed by atoms with Crippen molar-refractivity contribution >= 4 is 6.03 Å². The SMILES string of the molecule is CN(Cc1ccccc1)C(=O)N1CCCCC1. The topological polar surface area (TPSA) is 23.6 Å². The van der Waals surface area contributed by atoms with Crippen LogP contribution in [0, 0.1) is 0 Å². The minimum atomic E-state index is 0.161. The van der Waals surface area contributed by atoms with Crippen molar-refractivity contribution in [3.05, 3.63) is 35.9 Å². The molecule has 0 bridgehead atoms. The molecule has 0 atom stereocenters. The fraction of sp³-hybridized carbons (Fsp3) is 0.500. The highest BCUT2D eigenvalue weighted by molar-refractivity contribution is 5.74. The summed E-state index contributed by atoms with van der Waals surface area (Å²) in [6, 6.07) is 10.3. The normalized spacial score (nSPS) is 15.7. The highest BCUT2D eigenvalue weighted by Crippen LogP contribution is 2.12. The van der Waals surface area contributed by atoms with Crippen LogP contribution in [0.3, 0.4) is 0 Å². The van der Waals surface area contributed by atoms with Crippen molar-refractivity contribution in [2.45, 2.75) is 25.8 Å². The van der Waals surface area contributed by atoms with E-state index in [9.17, 15) is 4.79 Å². The van der Waals surface area contributed by atoms with Crippen LogP contribution in [-0.4, -0.2) is 36.0 Å². The van der Waals surface area contributed by atoms with Crippen molar-refractivity contribution in [2.24, 2.45) is 0 Å². The zero-order valence-corrected chi connectivity index (χ0v) is 10.4. The van der Waals surface area contributed by atoms with Crippen LogP contribution in [-0.2, 0) is 6.54 Å². The molecular formula is C14H20N2O. The van der Waals surface area contributed by atoms with Gasteiger partial charge in [-0.3, -0.25) is 0 Å². The lowest BCUT2D eigenvalue weighted by Crippen LogP contribution is -2.43. The maximum atomic E-state index is 12.2. The molecule has 92 valence electrons. The summed E-state index contributed by atoms with van der Waals surface area (Å²) in [5.74, 6) is 0. The van der Waals surface area contributed by atoms with Crippen LogP contribution in [0.2, 0.25) is 0 Å². The summed E-state index contributed by atoms with van der Waals surface area (Å²) in [7, 11) is 1.88. The van der Waals surface area contributed by atoms with Crippen molar-refractivity contribution in [1.82, 2.24) is 9.80 Å². The van der Waals surface area contributed by atoms with E-state index in [1.54, 1.807) is 4.90 Å². The first-order valence-corrected chi connectivity index (χ1v) is 6.31. The smallest absolute Gasteiger partial charge is 0.320 e. The molecule has 1 fully saturated rings. The Morgan fingerprint density at radius 1 is 1.18 bits per heavy atom. The second kappa shape index (κ2) is 5.71. The van der Waals surface area contributed by atoms with Crippen LogP contribution in [0.4, 0.5) is 4.79 Å². The maximum Gasteiger partial charge on any atom is 0.320 e. The van der Waals surface area contributed by atoms with Gasteiger partial charge in [0.05, 0.1) is 0 Å². The maximum absolute atomic E-state index is 12.2. The number of nitrogens with zero attached hydrogens (tertiary/aromatic N) is 2. The predicted octanol–water partition coefficient (Wildman–Crippen LogP) is 2.72. The molecule has 1 aliphatic rings. The predicted molar refractivity (Wildman–Crippen MR) is 68.7 cm³/mol. The number of hydrogen-bond acceptors (Lipinski definition) is 1. The third-order valence-electron chi connectivity index (χ3n) is 3.22. The minimum Gasteiger partial charge on any atom is -0.325 e. The quantitative estimate of drug-likeness (QED) is 0.769. The average molecular weight is 232 g/mol. The molecule has 0 saturated carbocycles. The van der Waals surface area contributed by atoms with Crippen LogP contribution < -0.4 is 0 Å². The van der Waals surface area contributed by atoms with Gasteiger partial charge in [0.25, 0.3) is 0 Å². The van der Waals surface area contributed by atoms with E-state index in [-0.39, 0.29) is 6.03 Å². The van der Waals surface area contributed by atoms with Gasteiger partial charge < -0.3 is 9.80 Å². The number of benzene rings is 1. The van der Waals surface area contributed by atoms with Crippen LogP contribution in [0.1, 0.15) is 24.8 Å². The van der Waals surface area contributed by atoms with E-state index in [0.717, 1.165) is 25.9 Å². The molecule has 2 amide bonds. The number of carbonyl (C=O) groups excluding carboxylic acids is 1. The molecule has 1 aliphatic heterocycles. The summed E-state index contributed by atoms with van der Waals surface area (Å²) in [6.45, 7) is 2.52. The third-order valence-corrected chi connectivity index (χ3v) is 3.22. The molecule has 0 radical (unpaired) electrons. The summed E-state index contributed by atoms with van der Waals surface area (Å²) >= 11 is 0. The second-order valence-electron chi connectivity index (χ2n) is 4.67. The fourth-order valence-electron chi connectivity index (χ4n) is 2.25. The van der Waals surface area contributed by atoms with E-state index in [0.29, 0.717) is 6.54 Å². The number of piperidine rings is 1. The van der Waals surface area contributed by atoms with Crippen molar-refractivity contribution in [1.29, 1.82) is 0 Å². The summed E-state index contributed by atoms with van der Waals surface area (Å²) < 4.78 is 0. The van der Waals surface area contributed by atoms with Crippen LogP contribution in [0.5, 0.6) is 0 Å². The number of rotatable bonds is 2. The first-order chi connectivity index (χ1) is 8.27. The molecule has 2 rings (SSSR count). The molecule has 3 heteroatoms. The molecular weight excluding hydrogens is 212 g/mol. The van der Waals surface area contributed by atoms with E-state index in [1.165, 1.54) is 12.0 Å². The molecule has 0 N–H and O–H groups in total. The highest BCUT2D eigenvalue weighted by atomic mass is 16.2. The van der Waals surface area contributed by atoms with Crippen molar-refractivity contribution in [3.8, 4) is 0 Å². The Hall–Kier alpha value is -1.51. The monoisotopic (exact) mass is 232 g/mol. The second-order valence-corrected chi connectivity index (χ2v) is 4.67. The molecule has 1 aromatic rings. The number of amides is 2. The minimum absolute atomic E-state index is 0.161. The van der Waals surface area contributed by atoms with Gasteiger partial charge in [-0.05, 0) is 24.8 Å². The standard InChI is InChI=1S/C14H20N2O/c1-15(12-13-8-4-2-5-9-13)14(17)16-10-6-3-7-11-16/h2,4-5,8-9H,3,6-7,10-12H2,1H3. The Balaban J connectivity index is 1.90. The Labute approximate surface area is 103 Å². The Kier molecular flexibility index (Phi) is 4.02. The van der Waals surface area contributed by atoms with E-state index in [4.69, 9.17) is 0 Å². The van der Waals surface area contributed by atoms with Gasteiger partial charge in [0.2, 0.25) is 0 Å². The highest BCUT2D eigenvalue weighted by Gasteiger charge is 2.19. The molecule has 0 aliphatic carbocycles. The first kappa shape index (κ1) is 12.0. The van der Waals surface area contributed by atoms with Gasteiger partial charge in [-0.1, -0.05) is 30.3 Å². The molecule has 0 unspecified atom stereocenters. The van der Waals surface area contributed by atoms with Gasteiger partial charge in [-0.2, -0.15) is 0 Å². The number of urea groups is 1. The molecule has 1 heterocycles. The van der Waals surface area contributed by atoms with E-state index in [2.05, 4.69) is 12.1 Å². The van der Waals surface area contributed by atoms with Crippen molar-refractivity contribution in [3.63, 3.8) is 0 Å². The Bertz CT molecular complexity index is 358. The lowest BCUT2D eigenvalue weighted by atomic mass is 10.1. The van der Waals surface area contributed by atoms with Gasteiger partial charge >= 0.3 is 6.03 Å². The van der Waals surface area contributed by atoms with Gasteiger partial charge in [0.1, 0.15) is 0 Å². The van der Waals surface area contributed by atoms with Gasteiger partial charge in [0.15, 0.2) is 0 Å². The third kappa shape index (κ3) is 3.22. The van der Waals surface area contributed by atoms with Gasteiger partial charge in [-0.25, -0.2) is 4.79 Å².